The lowest BCUT2D eigenvalue weighted by molar-refractivity contribution is -0.126. The van der Waals surface area contributed by atoms with Crippen LogP contribution in [-0.2, 0) is 9.53 Å². The fourth-order valence-electron chi connectivity index (χ4n) is 3.92. The van der Waals surface area contributed by atoms with E-state index in [1.54, 1.807) is 7.11 Å². The summed E-state index contributed by atoms with van der Waals surface area (Å²) < 4.78 is 4.98. The number of carbonyl (C=O) groups excluding carboxylic acids is 1. The van der Waals surface area contributed by atoms with Crippen molar-refractivity contribution >= 4 is 5.91 Å². The molecule has 0 spiro atoms. The third-order valence-electron chi connectivity index (χ3n) is 5.00. The molecule has 2 aliphatic rings. The van der Waals surface area contributed by atoms with Gasteiger partial charge in [-0.2, -0.15) is 0 Å². The summed E-state index contributed by atoms with van der Waals surface area (Å²) in [6.45, 7) is 9.84. The molecule has 0 unspecified atom stereocenters. The largest absolute Gasteiger partial charge is 0.383 e. The van der Waals surface area contributed by atoms with Crippen LogP contribution in [0.25, 0.3) is 0 Å². The van der Waals surface area contributed by atoms with Gasteiger partial charge in [0.05, 0.1) is 12.6 Å². The molecule has 0 aliphatic carbocycles. The zero-order valence-electron chi connectivity index (χ0n) is 14.0. The maximum Gasteiger partial charge on any atom is 0.237 e. The van der Waals surface area contributed by atoms with Gasteiger partial charge in [0.1, 0.15) is 0 Å². The van der Waals surface area contributed by atoms with Crippen LogP contribution >= 0.6 is 0 Å². The first-order chi connectivity index (χ1) is 10.0. The Morgan fingerprint density at radius 1 is 1.24 bits per heavy atom. The minimum Gasteiger partial charge on any atom is -0.383 e. The van der Waals surface area contributed by atoms with Crippen LogP contribution in [0.15, 0.2) is 0 Å². The van der Waals surface area contributed by atoms with Gasteiger partial charge in [-0.15, -0.1) is 0 Å². The number of nitrogens with one attached hydrogen (secondary N) is 1. The lowest BCUT2D eigenvalue weighted by Gasteiger charge is -2.33. The summed E-state index contributed by atoms with van der Waals surface area (Å²) in [5.74, 6) is 0.126. The Hall–Kier alpha value is -0.650. The smallest absolute Gasteiger partial charge is 0.237 e. The van der Waals surface area contributed by atoms with Crippen molar-refractivity contribution in [2.24, 2.45) is 0 Å². The van der Waals surface area contributed by atoms with Crippen LogP contribution in [0, 0.1) is 0 Å². The first kappa shape index (κ1) is 16.7. The number of carbonyl (C=O) groups is 1. The average Bonchev–Trinajstić information content (AvgIpc) is 2.73. The lowest BCUT2D eigenvalue weighted by Crippen LogP contribution is -2.49. The van der Waals surface area contributed by atoms with Crippen LogP contribution in [0.1, 0.15) is 40.0 Å². The Morgan fingerprint density at radius 2 is 1.95 bits per heavy atom. The first-order valence-corrected chi connectivity index (χ1v) is 8.32. The number of ether oxygens (including phenoxy) is 1. The Labute approximate surface area is 129 Å². The van der Waals surface area contributed by atoms with Crippen molar-refractivity contribution in [2.45, 2.75) is 64.2 Å². The molecule has 1 N–H and O–H groups in total. The summed E-state index contributed by atoms with van der Waals surface area (Å²) in [6.07, 6.45) is 3.78. The highest BCUT2D eigenvalue weighted by Gasteiger charge is 2.39. The molecular weight excluding hydrogens is 266 g/mol. The van der Waals surface area contributed by atoms with Crippen molar-refractivity contribution in [3.05, 3.63) is 0 Å². The molecule has 0 radical (unpaired) electrons. The normalized spacial score (nSPS) is 28.6. The lowest BCUT2D eigenvalue weighted by atomic mass is 10.1. The quantitative estimate of drug-likeness (QED) is 0.745. The van der Waals surface area contributed by atoms with Crippen molar-refractivity contribution in [3.8, 4) is 0 Å². The number of amides is 1. The molecule has 2 fully saturated rings. The van der Waals surface area contributed by atoms with Gasteiger partial charge in [-0.1, -0.05) is 0 Å². The predicted molar refractivity (Wildman–Crippen MR) is 84.3 cm³/mol. The maximum atomic E-state index is 12.2. The first-order valence-electron chi connectivity index (χ1n) is 8.32. The van der Waals surface area contributed by atoms with E-state index in [2.05, 4.69) is 29.0 Å². The van der Waals surface area contributed by atoms with Crippen molar-refractivity contribution in [3.63, 3.8) is 0 Å². The molecule has 2 heterocycles. The van der Waals surface area contributed by atoms with Gasteiger partial charge >= 0.3 is 0 Å². The van der Waals surface area contributed by atoms with Gasteiger partial charge in [0.15, 0.2) is 0 Å². The third kappa shape index (κ3) is 3.96. The number of likely N-dealkylation sites (tertiary alicyclic amines) is 1. The zero-order chi connectivity index (χ0) is 15.4. The van der Waals surface area contributed by atoms with Gasteiger partial charge in [0, 0.05) is 44.9 Å². The maximum absolute atomic E-state index is 12.2. The molecular formula is C16H31N3O2. The number of methoxy groups -OCH3 is 1. The molecule has 2 bridgehead atoms. The minimum absolute atomic E-state index is 0.0461. The third-order valence-corrected chi connectivity index (χ3v) is 5.00. The van der Waals surface area contributed by atoms with E-state index >= 15 is 0 Å². The Balaban J connectivity index is 1.91. The minimum atomic E-state index is -0.0461. The van der Waals surface area contributed by atoms with E-state index < -0.39 is 0 Å². The summed E-state index contributed by atoms with van der Waals surface area (Å²) in [5, 5.41) is 2.96. The molecule has 2 aliphatic heterocycles. The highest BCUT2D eigenvalue weighted by atomic mass is 16.5. The highest BCUT2D eigenvalue weighted by Crippen LogP contribution is 2.32. The Bertz CT molecular complexity index is 348. The molecule has 0 aromatic carbocycles. The molecule has 0 saturated carbocycles. The predicted octanol–water partition coefficient (Wildman–Crippen LogP) is 1.08. The van der Waals surface area contributed by atoms with Crippen molar-refractivity contribution < 1.29 is 9.53 Å². The topological polar surface area (TPSA) is 44.8 Å². The molecule has 3 atom stereocenters. The second kappa shape index (κ2) is 7.56. The van der Waals surface area contributed by atoms with Crippen LogP contribution in [0.2, 0.25) is 0 Å². The molecule has 0 aromatic heterocycles. The highest BCUT2D eigenvalue weighted by molar-refractivity contribution is 5.81. The fourth-order valence-corrected chi connectivity index (χ4v) is 3.92. The van der Waals surface area contributed by atoms with E-state index in [4.69, 9.17) is 4.74 Å². The summed E-state index contributed by atoms with van der Waals surface area (Å²) in [4.78, 5) is 17.3. The Morgan fingerprint density at radius 3 is 2.62 bits per heavy atom. The van der Waals surface area contributed by atoms with Crippen LogP contribution < -0.4 is 5.32 Å². The zero-order valence-corrected chi connectivity index (χ0v) is 14.0. The molecule has 5 nitrogen and oxygen atoms in total. The summed E-state index contributed by atoms with van der Waals surface area (Å²) in [7, 11) is 1.65. The molecule has 2 rings (SSSR count). The molecule has 2 saturated heterocycles. The van der Waals surface area contributed by atoms with Crippen molar-refractivity contribution in [2.75, 3.05) is 33.4 Å². The van der Waals surface area contributed by atoms with Crippen LogP contribution in [0.4, 0.5) is 0 Å². The number of nitrogens with zero attached hydrogens (tertiary/aromatic N) is 2. The van der Waals surface area contributed by atoms with E-state index in [-0.39, 0.29) is 11.9 Å². The van der Waals surface area contributed by atoms with Gasteiger partial charge in [-0.05, 0) is 40.0 Å². The number of fused-ring (bicyclic) bond motifs is 2. The van der Waals surface area contributed by atoms with Crippen molar-refractivity contribution in [1.82, 2.24) is 15.1 Å². The number of rotatable bonds is 6. The van der Waals surface area contributed by atoms with Crippen LogP contribution in [0.3, 0.4) is 0 Å². The SMILES string of the molecule is COCCNC(=O)[C@@H](C)N1CC[C@H]2CC[C@@H](C1)N2C(C)C. The average molecular weight is 297 g/mol. The van der Waals surface area contributed by atoms with E-state index in [1.165, 1.54) is 19.3 Å². The van der Waals surface area contributed by atoms with Gasteiger partial charge in [0.2, 0.25) is 5.91 Å². The fraction of sp³-hybridized carbons (Fsp3) is 0.938. The van der Waals surface area contributed by atoms with Gasteiger partial charge in [-0.3, -0.25) is 14.6 Å². The molecule has 21 heavy (non-hydrogen) atoms. The molecule has 0 aromatic rings. The monoisotopic (exact) mass is 297 g/mol. The van der Waals surface area contributed by atoms with Gasteiger partial charge < -0.3 is 10.1 Å². The number of hydrogen-bond donors (Lipinski definition) is 1. The molecule has 122 valence electrons. The summed E-state index contributed by atoms with van der Waals surface area (Å²) in [6, 6.07) is 1.89. The van der Waals surface area contributed by atoms with E-state index in [1.807, 2.05) is 6.92 Å². The Kier molecular flexibility index (Phi) is 6.02. The molecule has 5 heteroatoms. The van der Waals surface area contributed by atoms with Gasteiger partial charge in [-0.25, -0.2) is 0 Å². The van der Waals surface area contributed by atoms with E-state index in [9.17, 15) is 4.79 Å². The second-order valence-corrected chi connectivity index (χ2v) is 6.67. The molecule has 1 amide bonds. The second-order valence-electron chi connectivity index (χ2n) is 6.67. The van der Waals surface area contributed by atoms with Crippen molar-refractivity contribution in [1.29, 1.82) is 0 Å². The summed E-state index contributed by atoms with van der Waals surface area (Å²) >= 11 is 0. The van der Waals surface area contributed by atoms with E-state index in [0.29, 0.717) is 31.3 Å². The standard InChI is InChI=1S/C16H31N3O2/c1-12(2)19-14-5-6-15(19)11-18(9-7-14)13(3)16(20)17-8-10-21-4/h12-15H,5-11H2,1-4H3,(H,17,20)/t13-,14-,15+/m1/s1. The van der Waals surface area contributed by atoms with Gasteiger partial charge in [0.25, 0.3) is 0 Å². The van der Waals surface area contributed by atoms with Crippen LogP contribution in [-0.4, -0.2) is 73.2 Å². The summed E-state index contributed by atoms with van der Waals surface area (Å²) in [5.41, 5.74) is 0. The van der Waals surface area contributed by atoms with Crippen LogP contribution in [0.5, 0.6) is 0 Å². The number of hydrogen-bond acceptors (Lipinski definition) is 4. The van der Waals surface area contributed by atoms with E-state index in [0.717, 1.165) is 13.1 Å².